The highest BCUT2D eigenvalue weighted by molar-refractivity contribution is 5.82. The van der Waals surface area contributed by atoms with E-state index in [2.05, 4.69) is 11.2 Å². The van der Waals surface area contributed by atoms with Gasteiger partial charge in [-0.05, 0) is 5.56 Å². The Bertz CT molecular complexity index is 971. The summed E-state index contributed by atoms with van der Waals surface area (Å²) in [6, 6.07) is 22.9. The maximum atomic E-state index is 9.49. The third-order valence-corrected chi connectivity index (χ3v) is 3.58. The average molecular weight is 311 g/mol. The van der Waals surface area contributed by atoms with Gasteiger partial charge in [-0.3, -0.25) is 0 Å². The van der Waals surface area contributed by atoms with E-state index in [1.807, 2.05) is 66.7 Å². The predicted octanol–water partition coefficient (Wildman–Crippen LogP) is 3.36. The van der Waals surface area contributed by atoms with Crippen molar-refractivity contribution in [1.29, 1.82) is 10.5 Å². The second kappa shape index (κ2) is 6.51. The van der Waals surface area contributed by atoms with Crippen LogP contribution in [0.25, 0.3) is 11.3 Å². The van der Waals surface area contributed by atoms with Gasteiger partial charge in [0, 0.05) is 5.56 Å². The fourth-order valence-electron chi connectivity index (χ4n) is 2.45. The van der Waals surface area contributed by atoms with Crippen molar-refractivity contribution in [2.75, 3.05) is 5.73 Å². The maximum Gasteiger partial charge on any atom is 0.145 e. The quantitative estimate of drug-likeness (QED) is 0.752. The zero-order valence-electron chi connectivity index (χ0n) is 12.7. The number of nitrogens with two attached hydrogens (primary N) is 1. The molecule has 1 heterocycles. The van der Waals surface area contributed by atoms with Crippen LogP contribution in [0.3, 0.4) is 0 Å². The van der Waals surface area contributed by atoms with Crippen LogP contribution in [0.5, 0.6) is 0 Å². The fraction of sp³-hybridized carbons (Fsp3) is 0. The number of nitriles is 2. The molecule has 0 amide bonds. The minimum Gasteiger partial charge on any atom is -0.382 e. The number of hydrogen-bond acceptors (Lipinski definition) is 4. The Morgan fingerprint density at radius 1 is 0.875 bits per heavy atom. The molecule has 0 fully saturated rings. The summed E-state index contributed by atoms with van der Waals surface area (Å²) in [6.07, 6.45) is 1.64. The highest BCUT2D eigenvalue weighted by Crippen LogP contribution is 2.32. The summed E-state index contributed by atoms with van der Waals surface area (Å²) in [5.41, 5.74) is 8.61. The highest BCUT2D eigenvalue weighted by atomic mass is 15.4. The van der Waals surface area contributed by atoms with Crippen LogP contribution < -0.4 is 5.73 Å². The number of nitrogen functional groups attached to an aromatic ring is 1. The van der Waals surface area contributed by atoms with Crippen molar-refractivity contribution in [3.05, 3.63) is 77.4 Å². The van der Waals surface area contributed by atoms with E-state index < -0.39 is 0 Å². The molecule has 24 heavy (non-hydrogen) atoms. The molecule has 3 aromatic rings. The van der Waals surface area contributed by atoms with Crippen LogP contribution in [0.15, 0.2) is 65.8 Å². The number of benzene rings is 2. The summed E-state index contributed by atoms with van der Waals surface area (Å²) >= 11 is 0. The van der Waals surface area contributed by atoms with Gasteiger partial charge in [0.1, 0.15) is 23.5 Å². The minimum absolute atomic E-state index is 0.140. The van der Waals surface area contributed by atoms with Gasteiger partial charge in [0.05, 0.1) is 17.5 Å². The zero-order valence-corrected chi connectivity index (χ0v) is 12.7. The molecule has 2 aromatic carbocycles. The molecule has 2 N–H and O–H groups in total. The van der Waals surface area contributed by atoms with Crippen LogP contribution in [-0.2, 0) is 0 Å². The molecule has 0 saturated heterocycles. The summed E-state index contributed by atoms with van der Waals surface area (Å²) < 4.78 is 1.44. The van der Waals surface area contributed by atoms with E-state index in [9.17, 15) is 10.5 Å². The highest BCUT2D eigenvalue weighted by Gasteiger charge is 2.22. The van der Waals surface area contributed by atoms with Gasteiger partial charge in [-0.1, -0.05) is 60.7 Å². The topological polar surface area (TPSA) is 90.9 Å². The lowest BCUT2D eigenvalue weighted by molar-refractivity contribution is 0.914. The number of aromatic nitrogens is 1. The van der Waals surface area contributed by atoms with E-state index >= 15 is 0 Å². The van der Waals surface area contributed by atoms with Crippen molar-refractivity contribution in [2.24, 2.45) is 5.10 Å². The Labute approximate surface area is 139 Å². The standard InChI is InChI=1S/C19H13N5/c20-11-16-17(12-21)19(22)24(18(16)15-9-5-2-6-10-15)23-13-14-7-3-1-4-8-14/h1-10,13H,22H2/b23-13-. The summed E-state index contributed by atoms with van der Waals surface area (Å²) in [5, 5.41) is 23.2. The molecule has 0 aliphatic carbocycles. The Hall–Kier alpha value is -3.83. The van der Waals surface area contributed by atoms with E-state index in [1.54, 1.807) is 6.21 Å². The van der Waals surface area contributed by atoms with Crippen molar-refractivity contribution >= 4 is 12.0 Å². The lowest BCUT2D eigenvalue weighted by atomic mass is 10.1. The molecule has 0 aliphatic heterocycles. The Kier molecular flexibility index (Phi) is 4.09. The summed E-state index contributed by atoms with van der Waals surface area (Å²) in [5.74, 6) is 0.153. The zero-order chi connectivity index (χ0) is 16.9. The summed E-state index contributed by atoms with van der Waals surface area (Å²) in [7, 11) is 0. The lowest BCUT2D eigenvalue weighted by Crippen LogP contribution is -2.00. The molecular weight excluding hydrogens is 298 g/mol. The second-order valence-electron chi connectivity index (χ2n) is 5.04. The van der Waals surface area contributed by atoms with Crippen LogP contribution in [0.4, 0.5) is 5.82 Å². The first-order valence-electron chi connectivity index (χ1n) is 7.25. The van der Waals surface area contributed by atoms with E-state index in [0.717, 1.165) is 11.1 Å². The van der Waals surface area contributed by atoms with Crippen LogP contribution in [0.2, 0.25) is 0 Å². The largest absolute Gasteiger partial charge is 0.382 e. The average Bonchev–Trinajstić information content (AvgIpc) is 2.92. The molecular formula is C19H13N5. The van der Waals surface area contributed by atoms with Gasteiger partial charge in [0.2, 0.25) is 0 Å². The van der Waals surface area contributed by atoms with E-state index in [-0.39, 0.29) is 16.9 Å². The van der Waals surface area contributed by atoms with Gasteiger partial charge in [0.25, 0.3) is 0 Å². The van der Waals surface area contributed by atoms with Gasteiger partial charge in [-0.25, -0.2) is 4.68 Å². The van der Waals surface area contributed by atoms with Gasteiger partial charge in [0.15, 0.2) is 0 Å². The number of anilines is 1. The summed E-state index contributed by atoms with van der Waals surface area (Å²) in [6.45, 7) is 0. The molecule has 0 aliphatic rings. The van der Waals surface area contributed by atoms with Gasteiger partial charge in [-0.15, -0.1) is 0 Å². The Morgan fingerprint density at radius 2 is 1.46 bits per heavy atom. The lowest BCUT2D eigenvalue weighted by Gasteiger charge is -2.05. The molecule has 0 unspecified atom stereocenters. The molecule has 114 valence electrons. The molecule has 5 heteroatoms. The first-order chi connectivity index (χ1) is 11.8. The van der Waals surface area contributed by atoms with Crippen molar-refractivity contribution in [3.63, 3.8) is 0 Å². The number of nitrogens with zero attached hydrogens (tertiary/aromatic N) is 4. The smallest absolute Gasteiger partial charge is 0.145 e. The van der Waals surface area contributed by atoms with Crippen molar-refractivity contribution < 1.29 is 0 Å². The van der Waals surface area contributed by atoms with Gasteiger partial charge < -0.3 is 5.73 Å². The van der Waals surface area contributed by atoms with Crippen LogP contribution >= 0.6 is 0 Å². The molecule has 1 aromatic heterocycles. The Balaban J connectivity index is 2.22. The third kappa shape index (κ3) is 2.63. The van der Waals surface area contributed by atoms with Crippen molar-refractivity contribution in [3.8, 4) is 23.4 Å². The number of rotatable bonds is 3. The van der Waals surface area contributed by atoms with Gasteiger partial charge >= 0.3 is 0 Å². The van der Waals surface area contributed by atoms with Crippen LogP contribution in [0.1, 0.15) is 16.7 Å². The van der Waals surface area contributed by atoms with Crippen molar-refractivity contribution in [1.82, 2.24) is 4.68 Å². The minimum atomic E-state index is 0.140. The molecule has 3 rings (SSSR count). The third-order valence-electron chi connectivity index (χ3n) is 3.58. The molecule has 0 bridgehead atoms. The van der Waals surface area contributed by atoms with Crippen LogP contribution in [0, 0.1) is 22.7 Å². The summed E-state index contributed by atoms with van der Waals surface area (Å²) in [4.78, 5) is 0. The van der Waals surface area contributed by atoms with E-state index in [4.69, 9.17) is 5.73 Å². The Morgan fingerprint density at radius 3 is 2.04 bits per heavy atom. The second-order valence-corrected chi connectivity index (χ2v) is 5.04. The van der Waals surface area contributed by atoms with Crippen molar-refractivity contribution in [2.45, 2.75) is 0 Å². The molecule has 0 atom stereocenters. The van der Waals surface area contributed by atoms with Crippen LogP contribution in [-0.4, -0.2) is 10.9 Å². The molecule has 0 saturated carbocycles. The maximum absolute atomic E-state index is 9.49. The van der Waals surface area contributed by atoms with E-state index in [1.165, 1.54) is 4.68 Å². The first-order valence-corrected chi connectivity index (χ1v) is 7.25. The predicted molar refractivity (Wildman–Crippen MR) is 93.1 cm³/mol. The first kappa shape index (κ1) is 15.1. The SMILES string of the molecule is N#Cc1c(C#N)c(-c2ccccc2)n(/N=C\c2ccccc2)c1N. The molecule has 5 nitrogen and oxygen atoms in total. The monoisotopic (exact) mass is 311 g/mol. The molecule has 0 radical (unpaired) electrons. The molecule has 0 spiro atoms. The number of hydrogen-bond donors (Lipinski definition) is 1. The fourth-order valence-corrected chi connectivity index (χ4v) is 2.45. The normalized spacial score (nSPS) is 10.4. The van der Waals surface area contributed by atoms with E-state index in [0.29, 0.717) is 5.69 Å². The van der Waals surface area contributed by atoms with Gasteiger partial charge in [-0.2, -0.15) is 15.6 Å².